The summed E-state index contributed by atoms with van der Waals surface area (Å²) in [5.41, 5.74) is 1.21. The number of rotatable bonds is 5. The van der Waals surface area contributed by atoms with E-state index in [2.05, 4.69) is 25.3 Å². The van der Waals surface area contributed by atoms with Gasteiger partial charge < -0.3 is 15.4 Å². The number of methoxy groups -OCH3 is 1. The van der Waals surface area contributed by atoms with E-state index in [0.29, 0.717) is 23.1 Å². The number of ether oxygens (including phenoxy) is 1. The lowest BCUT2D eigenvalue weighted by molar-refractivity contribution is 0.0600. The van der Waals surface area contributed by atoms with Gasteiger partial charge in [0.25, 0.3) is 5.91 Å². The fraction of sp³-hybridized carbons (Fsp3) is 0.333. The molecule has 0 bridgehead atoms. The summed E-state index contributed by atoms with van der Waals surface area (Å²) in [6.45, 7) is 0. The molecule has 0 radical (unpaired) electrons. The minimum absolute atomic E-state index is 0.231. The van der Waals surface area contributed by atoms with Crippen LogP contribution in [0.3, 0.4) is 0 Å². The quantitative estimate of drug-likeness (QED) is 0.813. The number of benzene rings is 1. The molecule has 0 saturated heterocycles. The van der Waals surface area contributed by atoms with Crippen molar-refractivity contribution in [2.45, 2.75) is 31.7 Å². The Hall–Kier alpha value is -2.96. The van der Waals surface area contributed by atoms with Crippen LogP contribution < -0.4 is 10.6 Å². The molecule has 1 fully saturated rings. The second-order valence-electron chi connectivity index (χ2n) is 5.94. The predicted octanol–water partition coefficient (Wildman–Crippen LogP) is 2.87. The largest absolute Gasteiger partial charge is 0.465 e. The first kappa shape index (κ1) is 16.9. The van der Waals surface area contributed by atoms with Crippen molar-refractivity contribution in [2.24, 2.45) is 0 Å². The van der Waals surface area contributed by atoms with Crippen molar-refractivity contribution in [1.29, 1.82) is 0 Å². The van der Waals surface area contributed by atoms with Crippen LogP contribution in [-0.2, 0) is 4.74 Å². The molecule has 0 unspecified atom stereocenters. The number of hydrogen-bond donors (Lipinski definition) is 2. The van der Waals surface area contributed by atoms with E-state index in [4.69, 9.17) is 0 Å². The van der Waals surface area contributed by atoms with E-state index in [1.165, 1.54) is 26.1 Å². The van der Waals surface area contributed by atoms with Gasteiger partial charge in [0, 0.05) is 11.7 Å². The maximum absolute atomic E-state index is 12.2. The maximum atomic E-state index is 12.2. The second kappa shape index (κ2) is 7.74. The molecule has 1 amide bonds. The highest BCUT2D eigenvalue weighted by Gasteiger charge is 2.15. The zero-order chi connectivity index (χ0) is 17.6. The van der Waals surface area contributed by atoms with Crippen molar-refractivity contribution < 1.29 is 14.3 Å². The third-order valence-corrected chi connectivity index (χ3v) is 4.16. The van der Waals surface area contributed by atoms with Gasteiger partial charge in [-0.15, -0.1) is 0 Å². The molecule has 1 aliphatic carbocycles. The number of nitrogens with one attached hydrogen (secondary N) is 2. The molecule has 0 aliphatic heterocycles. The van der Waals surface area contributed by atoms with Gasteiger partial charge >= 0.3 is 5.97 Å². The molecule has 130 valence electrons. The molecule has 1 heterocycles. The minimum Gasteiger partial charge on any atom is -0.465 e. The number of hydrogen-bond acceptors (Lipinski definition) is 6. The van der Waals surface area contributed by atoms with E-state index in [1.807, 2.05) is 0 Å². The van der Waals surface area contributed by atoms with Gasteiger partial charge in [0.15, 0.2) is 0 Å². The number of anilines is 2. The van der Waals surface area contributed by atoms with Gasteiger partial charge in [-0.05, 0) is 37.1 Å². The molecule has 1 aromatic carbocycles. The molecule has 1 saturated carbocycles. The van der Waals surface area contributed by atoms with Crippen molar-refractivity contribution in [1.82, 2.24) is 9.97 Å². The Kier molecular flexibility index (Phi) is 5.23. The normalized spacial score (nSPS) is 14.1. The van der Waals surface area contributed by atoms with Gasteiger partial charge in [0.2, 0.25) is 0 Å². The van der Waals surface area contributed by atoms with Gasteiger partial charge in [-0.1, -0.05) is 12.8 Å². The number of amides is 1. The van der Waals surface area contributed by atoms with Gasteiger partial charge in [-0.3, -0.25) is 4.79 Å². The van der Waals surface area contributed by atoms with Crippen LogP contribution in [0.5, 0.6) is 0 Å². The number of carbonyl (C=O) groups excluding carboxylic acids is 2. The van der Waals surface area contributed by atoms with Crippen molar-refractivity contribution in [2.75, 3.05) is 17.7 Å². The van der Waals surface area contributed by atoms with Gasteiger partial charge in [0.05, 0.1) is 25.1 Å². The van der Waals surface area contributed by atoms with Crippen LogP contribution in [0.4, 0.5) is 11.5 Å². The van der Waals surface area contributed by atoms with E-state index >= 15 is 0 Å². The lowest BCUT2D eigenvalue weighted by atomic mass is 10.2. The highest BCUT2D eigenvalue weighted by atomic mass is 16.5. The number of nitrogens with zero attached hydrogens (tertiary/aromatic N) is 2. The summed E-state index contributed by atoms with van der Waals surface area (Å²) in [5.74, 6) is -0.0919. The first-order chi connectivity index (χ1) is 12.2. The molecule has 25 heavy (non-hydrogen) atoms. The summed E-state index contributed by atoms with van der Waals surface area (Å²) in [7, 11) is 1.32. The van der Waals surface area contributed by atoms with Crippen molar-refractivity contribution in [3.8, 4) is 0 Å². The van der Waals surface area contributed by atoms with Crippen LogP contribution in [0.1, 0.15) is 46.5 Å². The SMILES string of the molecule is COC(=O)c1ccc(NC(=O)c2cnc(NC3CCCC3)cn2)cc1. The fourth-order valence-electron chi connectivity index (χ4n) is 2.80. The standard InChI is InChI=1S/C18H20N4O3/c1-25-18(24)12-6-8-14(9-7-12)22-17(23)15-10-20-16(11-19-15)21-13-4-2-3-5-13/h6-11,13H,2-5H2,1H3,(H,20,21)(H,22,23). The van der Waals surface area contributed by atoms with Crippen LogP contribution in [-0.4, -0.2) is 35.0 Å². The molecule has 1 aromatic heterocycles. The van der Waals surface area contributed by atoms with Crippen LogP contribution in [0.25, 0.3) is 0 Å². The molecular weight excluding hydrogens is 320 g/mol. The van der Waals surface area contributed by atoms with Crippen LogP contribution in [0.2, 0.25) is 0 Å². The van der Waals surface area contributed by atoms with Gasteiger partial charge in [0.1, 0.15) is 11.5 Å². The first-order valence-electron chi connectivity index (χ1n) is 8.24. The zero-order valence-electron chi connectivity index (χ0n) is 14.0. The van der Waals surface area contributed by atoms with Crippen molar-refractivity contribution >= 4 is 23.4 Å². The van der Waals surface area contributed by atoms with Crippen molar-refractivity contribution in [3.63, 3.8) is 0 Å². The van der Waals surface area contributed by atoms with Gasteiger partial charge in [-0.25, -0.2) is 14.8 Å². The maximum Gasteiger partial charge on any atom is 0.337 e. The third-order valence-electron chi connectivity index (χ3n) is 4.16. The average Bonchev–Trinajstić information content (AvgIpc) is 3.15. The summed E-state index contributed by atoms with van der Waals surface area (Å²) in [5, 5.41) is 6.05. The summed E-state index contributed by atoms with van der Waals surface area (Å²) in [6, 6.07) is 6.88. The van der Waals surface area contributed by atoms with E-state index in [9.17, 15) is 9.59 Å². The molecule has 1 aliphatic rings. The molecule has 2 N–H and O–H groups in total. The van der Waals surface area contributed by atoms with Crippen LogP contribution in [0, 0.1) is 0 Å². The molecule has 2 aromatic rings. The summed E-state index contributed by atoms with van der Waals surface area (Å²) < 4.78 is 4.63. The molecular formula is C18H20N4O3. The van der Waals surface area contributed by atoms with E-state index in [1.54, 1.807) is 30.5 Å². The van der Waals surface area contributed by atoms with E-state index in [-0.39, 0.29) is 11.6 Å². The zero-order valence-corrected chi connectivity index (χ0v) is 14.0. The van der Waals surface area contributed by atoms with E-state index in [0.717, 1.165) is 12.8 Å². The van der Waals surface area contributed by atoms with Crippen molar-refractivity contribution in [3.05, 3.63) is 47.9 Å². The third kappa shape index (κ3) is 4.32. The first-order valence-corrected chi connectivity index (χ1v) is 8.24. The van der Waals surface area contributed by atoms with E-state index < -0.39 is 5.97 Å². The predicted molar refractivity (Wildman–Crippen MR) is 93.6 cm³/mol. The Balaban J connectivity index is 1.59. The average molecular weight is 340 g/mol. The Labute approximate surface area is 145 Å². The molecule has 0 spiro atoms. The highest BCUT2D eigenvalue weighted by molar-refractivity contribution is 6.03. The van der Waals surface area contributed by atoms with Crippen LogP contribution >= 0.6 is 0 Å². The fourth-order valence-corrected chi connectivity index (χ4v) is 2.80. The monoisotopic (exact) mass is 340 g/mol. The minimum atomic E-state index is -0.422. The summed E-state index contributed by atoms with van der Waals surface area (Å²) in [4.78, 5) is 32.0. The molecule has 3 rings (SSSR count). The Bertz CT molecular complexity index is 738. The second-order valence-corrected chi connectivity index (χ2v) is 5.94. The summed E-state index contributed by atoms with van der Waals surface area (Å²) >= 11 is 0. The molecule has 7 nitrogen and oxygen atoms in total. The lowest BCUT2D eigenvalue weighted by Gasteiger charge is -2.12. The Morgan fingerprint density at radius 1 is 1.08 bits per heavy atom. The number of esters is 1. The topological polar surface area (TPSA) is 93.2 Å². The van der Waals surface area contributed by atoms with Crippen LogP contribution in [0.15, 0.2) is 36.7 Å². The number of carbonyl (C=O) groups is 2. The van der Waals surface area contributed by atoms with Gasteiger partial charge in [-0.2, -0.15) is 0 Å². The smallest absolute Gasteiger partial charge is 0.337 e. The summed E-state index contributed by atoms with van der Waals surface area (Å²) in [6.07, 6.45) is 7.79. The molecule has 0 atom stereocenters. The number of aromatic nitrogens is 2. The Morgan fingerprint density at radius 2 is 1.80 bits per heavy atom. The Morgan fingerprint density at radius 3 is 2.40 bits per heavy atom. The highest BCUT2D eigenvalue weighted by Crippen LogP contribution is 2.21. The lowest BCUT2D eigenvalue weighted by Crippen LogP contribution is -2.17. The molecule has 7 heteroatoms.